The number of para-hydroxylation sites is 2. The summed E-state index contributed by atoms with van der Waals surface area (Å²) in [6, 6.07) is 17.9. The first-order valence-electron chi connectivity index (χ1n) is 11.1. The zero-order valence-corrected chi connectivity index (χ0v) is 19.9. The lowest BCUT2D eigenvalue weighted by Crippen LogP contribution is -2.29. The molecular weight excluding hydrogens is 436 g/mol. The van der Waals surface area contributed by atoms with Gasteiger partial charge >= 0.3 is 0 Å². The van der Waals surface area contributed by atoms with Gasteiger partial charge in [-0.15, -0.1) is 0 Å². The first kappa shape index (κ1) is 22.9. The molecule has 172 valence electrons. The highest BCUT2D eigenvalue weighted by molar-refractivity contribution is 7.92. The molecule has 7 heteroatoms. The third-order valence-corrected chi connectivity index (χ3v) is 7.89. The third-order valence-electron chi connectivity index (χ3n) is 6.09. The molecule has 0 atom stereocenters. The zero-order chi connectivity index (χ0) is 23.6. The molecule has 33 heavy (non-hydrogen) atoms. The van der Waals surface area contributed by atoms with E-state index in [1.165, 1.54) is 29.6 Å². The lowest BCUT2D eigenvalue weighted by Gasteiger charge is -2.21. The van der Waals surface area contributed by atoms with Gasteiger partial charge in [-0.05, 0) is 60.2 Å². The Balaban J connectivity index is 1.72. The van der Waals surface area contributed by atoms with Crippen molar-refractivity contribution in [3.63, 3.8) is 0 Å². The van der Waals surface area contributed by atoms with Crippen LogP contribution >= 0.6 is 0 Å². The Morgan fingerprint density at radius 1 is 1.00 bits per heavy atom. The second-order valence-corrected chi connectivity index (χ2v) is 9.79. The molecule has 0 saturated carbocycles. The van der Waals surface area contributed by atoms with Gasteiger partial charge in [0.25, 0.3) is 15.9 Å². The molecule has 0 aliphatic carbocycles. The second-order valence-electron chi connectivity index (χ2n) is 7.93. The minimum absolute atomic E-state index is 0.0599. The van der Waals surface area contributed by atoms with Gasteiger partial charge in [-0.1, -0.05) is 50.2 Å². The number of methoxy groups -OCH3 is 1. The van der Waals surface area contributed by atoms with Gasteiger partial charge < -0.3 is 10.1 Å². The fraction of sp³-hybridized carbons (Fsp3) is 0.269. The number of ether oxygens (including phenoxy) is 1. The molecule has 0 spiro atoms. The van der Waals surface area contributed by atoms with E-state index in [9.17, 15) is 13.2 Å². The maximum Gasteiger partial charge on any atom is 0.264 e. The summed E-state index contributed by atoms with van der Waals surface area (Å²) in [7, 11) is -2.37. The SMILES string of the molecule is CCc1cccc(CC)c1NC(=O)c1cc(S(=O)(=O)N2CCc3ccccc32)ccc1OC. The van der Waals surface area contributed by atoms with Crippen LogP contribution in [0, 0.1) is 0 Å². The van der Waals surface area contributed by atoms with Gasteiger partial charge in [0.15, 0.2) is 0 Å². The number of hydrogen-bond donors (Lipinski definition) is 1. The Morgan fingerprint density at radius 2 is 1.70 bits per heavy atom. The molecule has 0 bridgehead atoms. The molecule has 1 amide bonds. The van der Waals surface area contributed by atoms with Crippen LogP contribution in [0.15, 0.2) is 65.6 Å². The van der Waals surface area contributed by atoms with Crippen LogP contribution in [0.5, 0.6) is 5.75 Å². The van der Waals surface area contributed by atoms with Crippen LogP contribution in [0.4, 0.5) is 11.4 Å². The van der Waals surface area contributed by atoms with E-state index in [4.69, 9.17) is 4.74 Å². The number of rotatable bonds is 7. The molecule has 0 unspecified atom stereocenters. The Hall–Kier alpha value is -3.32. The van der Waals surface area contributed by atoms with Crippen LogP contribution < -0.4 is 14.4 Å². The summed E-state index contributed by atoms with van der Waals surface area (Å²) in [6.07, 6.45) is 2.19. The van der Waals surface area contributed by atoms with Crippen molar-refractivity contribution in [3.05, 3.63) is 82.9 Å². The minimum Gasteiger partial charge on any atom is -0.496 e. The summed E-state index contributed by atoms with van der Waals surface area (Å²) >= 11 is 0. The zero-order valence-electron chi connectivity index (χ0n) is 19.1. The van der Waals surface area contributed by atoms with Crippen LogP contribution in [0.2, 0.25) is 0 Å². The highest BCUT2D eigenvalue weighted by atomic mass is 32.2. The largest absolute Gasteiger partial charge is 0.496 e. The first-order chi connectivity index (χ1) is 15.9. The topological polar surface area (TPSA) is 75.7 Å². The molecule has 1 aliphatic heterocycles. The summed E-state index contributed by atoms with van der Waals surface area (Å²) in [5.41, 5.74) is 4.69. The number of fused-ring (bicyclic) bond motifs is 1. The van der Waals surface area contributed by atoms with Crippen LogP contribution in [0.25, 0.3) is 0 Å². The van der Waals surface area contributed by atoms with Crippen molar-refractivity contribution in [1.82, 2.24) is 0 Å². The van der Waals surface area contributed by atoms with Crippen LogP contribution in [0.3, 0.4) is 0 Å². The maximum atomic E-state index is 13.5. The van der Waals surface area contributed by atoms with Crippen molar-refractivity contribution in [2.75, 3.05) is 23.3 Å². The van der Waals surface area contributed by atoms with Crippen molar-refractivity contribution < 1.29 is 17.9 Å². The summed E-state index contributed by atoms with van der Waals surface area (Å²) < 4.78 is 33.8. The van der Waals surface area contributed by atoms with E-state index in [2.05, 4.69) is 5.32 Å². The Bertz CT molecular complexity index is 1280. The molecule has 0 aromatic heterocycles. The smallest absolute Gasteiger partial charge is 0.264 e. The normalized spacial score (nSPS) is 13.0. The predicted octanol–water partition coefficient (Wildman–Crippen LogP) is 4.82. The number of amides is 1. The Labute approximate surface area is 195 Å². The van der Waals surface area contributed by atoms with Gasteiger partial charge in [-0.2, -0.15) is 0 Å². The molecule has 4 rings (SSSR count). The van der Waals surface area contributed by atoms with Crippen molar-refractivity contribution in [1.29, 1.82) is 0 Å². The van der Waals surface area contributed by atoms with Gasteiger partial charge in [0, 0.05) is 12.2 Å². The summed E-state index contributed by atoms with van der Waals surface area (Å²) in [5.74, 6) is -0.0818. The van der Waals surface area contributed by atoms with Crippen molar-refractivity contribution in [2.24, 2.45) is 0 Å². The predicted molar refractivity (Wildman–Crippen MR) is 131 cm³/mol. The van der Waals surface area contributed by atoms with Crippen LogP contribution in [-0.4, -0.2) is 28.0 Å². The maximum absolute atomic E-state index is 13.5. The van der Waals surface area contributed by atoms with Crippen LogP contribution in [-0.2, 0) is 29.3 Å². The molecule has 1 heterocycles. The van der Waals surface area contributed by atoms with E-state index in [1.807, 2.05) is 56.3 Å². The number of sulfonamides is 1. The number of anilines is 2. The summed E-state index contributed by atoms with van der Waals surface area (Å²) in [6.45, 7) is 4.44. The quantitative estimate of drug-likeness (QED) is 0.544. The second kappa shape index (κ2) is 9.27. The van der Waals surface area contributed by atoms with Gasteiger partial charge in [0.05, 0.1) is 23.3 Å². The molecule has 0 fully saturated rings. The van der Waals surface area contributed by atoms with E-state index in [0.717, 1.165) is 35.2 Å². The van der Waals surface area contributed by atoms with E-state index in [1.54, 1.807) is 0 Å². The average molecular weight is 465 g/mol. The molecule has 6 nitrogen and oxygen atoms in total. The Kier molecular flexibility index (Phi) is 6.42. The standard InChI is InChI=1S/C26H28N2O4S/c1-4-18-10-8-11-19(5-2)25(18)27-26(29)22-17-21(13-14-24(22)32-3)33(30,31)28-16-15-20-9-6-7-12-23(20)28/h6-14,17H,4-5,15-16H2,1-3H3,(H,27,29). The van der Waals surface area contributed by atoms with E-state index >= 15 is 0 Å². The highest BCUT2D eigenvalue weighted by Crippen LogP contribution is 2.34. The molecule has 1 N–H and O–H groups in total. The third kappa shape index (κ3) is 4.20. The first-order valence-corrected chi connectivity index (χ1v) is 12.6. The fourth-order valence-corrected chi connectivity index (χ4v) is 5.82. The monoisotopic (exact) mass is 464 g/mol. The molecular formula is C26H28N2O4S. The van der Waals surface area contributed by atoms with Crippen molar-refractivity contribution >= 4 is 27.3 Å². The molecule has 0 saturated heterocycles. The van der Waals surface area contributed by atoms with Gasteiger partial charge in [-0.25, -0.2) is 8.42 Å². The Morgan fingerprint density at radius 3 is 2.36 bits per heavy atom. The number of hydrogen-bond acceptors (Lipinski definition) is 4. The molecule has 3 aromatic rings. The van der Waals surface area contributed by atoms with Gasteiger partial charge in [-0.3, -0.25) is 9.10 Å². The number of carbonyl (C=O) groups is 1. The van der Waals surface area contributed by atoms with Crippen molar-refractivity contribution in [2.45, 2.75) is 38.0 Å². The fourth-order valence-electron chi connectivity index (χ4n) is 4.29. The summed E-state index contributed by atoms with van der Waals surface area (Å²) in [4.78, 5) is 13.4. The molecule has 3 aromatic carbocycles. The van der Waals surface area contributed by atoms with Gasteiger partial charge in [0.2, 0.25) is 0 Å². The molecule has 0 radical (unpaired) electrons. The number of aryl methyl sites for hydroxylation is 2. The summed E-state index contributed by atoms with van der Waals surface area (Å²) in [5, 5.41) is 3.01. The van der Waals surface area contributed by atoms with Crippen LogP contribution in [0.1, 0.15) is 40.9 Å². The molecule has 1 aliphatic rings. The van der Waals surface area contributed by atoms with Crippen molar-refractivity contribution in [3.8, 4) is 5.75 Å². The average Bonchev–Trinajstić information content (AvgIpc) is 3.28. The highest BCUT2D eigenvalue weighted by Gasteiger charge is 2.31. The number of carbonyl (C=O) groups excluding carboxylic acids is 1. The number of benzene rings is 3. The minimum atomic E-state index is -3.83. The lowest BCUT2D eigenvalue weighted by molar-refractivity contribution is 0.102. The number of nitrogens with one attached hydrogen (secondary N) is 1. The number of nitrogens with zero attached hydrogens (tertiary/aromatic N) is 1. The van der Waals surface area contributed by atoms with E-state index in [-0.39, 0.29) is 10.5 Å². The van der Waals surface area contributed by atoms with Gasteiger partial charge in [0.1, 0.15) is 5.75 Å². The van der Waals surface area contributed by atoms with E-state index in [0.29, 0.717) is 24.4 Å². The van der Waals surface area contributed by atoms with E-state index < -0.39 is 15.9 Å². The lowest BCUT2D eigenvalue weighted by atomic mass is 10.0.